The molecule has 0 bridgehead atoms. The van der Waals surface area contributed by atoms with E-state index in [1.54, 1.807) is 26.2 Å². The van der Waals surface area contributed by atoms with Gasteiger partial charge in [-0.05, 0) is 39.7 Å². The summed E-state index contributed by atoms with van der Waals surface area (Å²) in [7, 11) is 0. The van der Waals surface area contributed by atoms with Crippen LogP contribution in [-0.4, -0.2) is 43.6 Å². The van der Waals surface area contributed by atoms with Crippen LogP contribution in [0.5, 0.6) is 5.75 Å². The van der Waals surface area contributed by atoms with E-state index in [9.17, 15) is 9.90 Å². The van der Waals surface area contributed by atoms with Gasteiger partial charge in [-0.15, -0.1) is 0 Å². The fourth-order valence-corrected chi connectivity index (χ4v) is 4.10. The first-order valence-electron chi connectivity index (χ1n) is 10.8. The number of aliphatic hydroxyl groups is 1. The zero-order chi connectivity index (χ0) is 24.1. The normalized spacial score (nSPS) is 15.6. The summed E-state index contributed by atoms with van der Waals surface area (Å²) in [6.07, 6.45) is 4.16. The summed E-state index contributed by atoms with van der Waals surface area (Å²) in [6.45, 7) is 7.30. The number of anilines is 1. The number of imidazole rings is 1. The van der Waals surface area contributed by atoms with Crippen molar-refractivity contribution in [2.45, 2.75) is 58.2 Å². The topological polar surface area (TPSA) is 115 Å². The van der Waals surface area contributed by atoms with Gasteiger partial charge in [0.15, 0.2) is 5.82 Å². The third kappa shape index (κ3) is 4.35. The Morgan fingerprint density at radius 2 is 2.12 bits per heavy atom. The third-order valence-corrected chi connectivity index (χ3v) is 6.10. The van der Waals surface area contributed by atoms with Gasteiger partial charge in [0.05, 0.1) is 22.4 Å². The second-order valence-corrected chi connectivity index (χ2v) is 9.25. The maximum absolute atomic E-state index is 15.2. The average Bonchev–Trinajstić information content (AvgIpc) is 3.39. The first kappa shape index (κ1) is 23.3. The van der Waals surface area contributed by atoms with Crippen molar-refractivity contribution < 1.29 is 19.0 Å². The Balaban J connectivity index is 1.85. The third-order valence-electron chi connectivity index (χ3n) is 5.82. The summed E-state index contributed by atoms with van der Waals surface area (Å²) in [6, 6.07) is 1.46. The maximum Gasteiger partial charge on any atom is 0.258 e. The highest BCUT2D eigenvalue weighted by atomic mass is 35.5. The summed E-state index contributed by atoms with van der Waals surface area (Å²) in [4.78, 5) is 21.8. The van der Waals surface area contributed by atoms with Crippen molar-refractivity contribution in [3.05, 3.63) is 51.9 Å². The molecule has 4 N–H and O–H groups in total. The van der Waals surface area contributed by atoms with Crippen LogP contribution in [0.15, 0.2) is 18.5 Å². The van der Waals surface area contributed by atoms with Gasteiger partial charge in [-0.3, -0.25) is 9.20 Å². The molecule has 4 rings (SSSR count). The smallest absolute Gasteiger partial charge is 0.258 e. The fourth-order valence-electron chi connectivity index (χ4n) is 3.88. The minimum atomic E-state index is -0.930. The number of aryl methyl sites for hydroxylation is 1. The molecular formula is C23H27ClFN5O3. The van der Waals surface area contributed by atoms with Gasteiger partial charge in [-0.2, -0.15) is 0 Å². The number of halogens is 2. The van der Waals surface area contributed by atoms with E-state index in [1.165, 1.54) is 6.07 Å². The number of nitrogen functional groups attached to an aromatic ring is 1. The molecule has 0 radical (unpaired) electrons. The zero-order valence-electron chi connectivity index (χ0n) is 18.9. The number of fused-ring (bicyclic) bond motifs is 1. The summed E-state index contributed by atoms with van der Waals surface area (Å²) < 4.78 is 23.0. The zero-order valence-corrected chi connectivity index (χ0v) is 19.7. The number of nitrogens with two attached hydrogens (primary N) is 1. The van der Waals surface area contributed by atoms with Crippen LogP contribution >= 0.6 is 11.6 Å². The predicted molar refractivity (Wildman–Crippen MR) is 123 cm³/mol. The first-order valence-corrected chi connectivity index (χ1v) is 11.2. The number of aromatic nitrogens is 3. The van der Waals surface area contributed by atoms with Crippen LogP contribution in [0.1, 0.15) is 67.0 Å². The van der Waals surface area contributed by atoms with Crippen LogP contribution < -0.4 is 15.8 Å². The molecule has 2 aromatic heterocycles. The van der Waals surface area contributed by atoms with Gasteiger partial charge < -0.3 is 20.9 Å². The Kier molecular flexibility index (Phi) is 5.96. The molecule has 10 heteroatoms. The van der Waals surface area contributed by atoms with Gasteiger partial charge >= 0.3 is 0 Å². The highest BCUT2D eigenvalue weighted by Gasteiger charge is 2.41. The molecule has 1 aliphatic rings. The SMILES string of the molecule is Cc1nc(C(C)c2cc(Cl)c(F)c(C(=O)NCC3(O)CC3)c2OC(C)C)n2ccnc(N)c12. The number of benzene rings is 1. The van der Waals surface area contributed by atoms with Crippen LogP contribution in [0, 0.1) is 12.7 Å². The lowest BCUT2D eigenvalue weighted by atomic mass is 9.95. The van der Waals surface area contributed by atoms with Crippen molar-refractivity contribution in [1.82, 2.24) is 19.7 Å². The summed E-state index contributed by atoms with van der Waals surface area (Å²) in [5.41, 5.74) is 6.70. The maximum atomic E-state index is 15.2. The summed E-state index contributed by atoms with van der Waals surface area (Å²) >= 11 is 6.24. The Labute approximate surface area is 195 Å². The molecule has 8 nitrogen and oxygen atoms in total. The molecule has 1 atom stereocenters. The molecule has 2 heterocycles. The molecule has 0 aliphatic heterocycles. The molecular weight excluding hydrogens is 449 g/mol. The monoisotopic (exact) mass is 475 g/mol. The molecule has 0 saturated heterocycles. The molecule has 3 aromatic rings. The lowest BCUT2D eigenvalue weighted by Gasteiger charge is -2.23. The molecule has 33 heavy (non-hydrogen) atoms. The number of hydrogen-bond donors (Lipinski definition) is 3. The van der Waals surface area contributed by atoms with Gasteiger partial charge in [0, 0.05) is 30.4 Å². The molecule has 1 amide bonds. The van der Waals surface area contributed by atoms with Crippen LogP contribution in [0.2, 0.25) is 5.02 Å². The number of amides is 1. The van der Waals surface area contributed by atoms with E-state index in [2.05, 4.69) is 15.3 Å². The molecule has 1 aromatic carbocycles. The van der Waals surface area contributed by atoms with E-state index in [0.29, 0.717) is 41.3 Å². The minimum absolute atomic E-state index is 0.0279. The van der Waals surface area contributed by atoms with Crippen LogP contribution in [0.25, 0.3) is 5.52 Å². The standard InChI is InChI=1S/C23H27ClFN5O3/c1-11(2)33-19-14(12(3)21-29-13(4)18-20(26)27-7-8-30(18)21)9-15(24)17(25)16(19)22(31)28-10-23(32)5-6-23/h7-9,11-12,32H,5-6,10H2,1-4H3,(H2,26,27)(H,28,31). The molecule has 1 aliphatic carbocycles. The van der Waals surface area contributed by atoms with E-state index in [1.807, 2.05) is 18.2 Å². The van der Waals surface area contributed by atoms with Crippen molar-refractivity contribution in [1.29, 1.82) is 0 Å². The predicted octanol–water partition coefficient (Wildman–Crippen LogP) is 3.61. The van der Waals surface area contributed by atoms with Gasteiger partial charge in [0.1, 0.15) is 28.5 Å². The van der Waals surface area contributed by atoms with E-state index in [4.69, 9.17) is 22.1 Å². The molecule has 1 unspecified atom stereocenters. The van der Waals surface area contributed by atoms with Gasteiger partial charge in [-0.1, -0.05) is 18.5 Å². The highest BCUT2D eigenvalue weighted by molar-refractivity contribution is 6.31. The van der Waals surface area contributed by atoms with Crippen molar-refractivity contribution in [2.75, 3.05) is 12.3 Å². The Hall–Kier alpha value is -2.91. The van der Waals surface area contributed by atoms with E-state index < -0.39 is 23.2 Å². The summed E-state index contributed by atoms with van der Waals surface area (Å²) in [5, 5.41) is 12.5. The van der Waals surface area contributed by atoms with Crippen molar-refractivity contribution in [3.63, 3.8) is 0 Å². The van der Waals surface area contributed by atoms with Crippen molar-refractivity contribution in [3.8, 4) is 5.75 Å². The van der Waals surface area contributed by atoms with E-state index in [-0.39, 0.29) is 29.0 Å². The quantitative estimate of drug-likeness (QED) is 0.481. The second-order valence-electron chi connectivity index (χ2n) is 8.85. The Bertz CT molecular complexity index is 1240. The van der Waals surface area contributed by atoms with Gasteiger partial charge in [-0.25, -0.2) is 14.4 Å². The van der Waals surface area contributed by atoms with E-state index in [0.717, 1.165) is 0 Å². The van der Waals surface area contributed by atoms with Gasteiger partial charge in [0.2, 0.25) is 0 Å². The number of hydrogen-bond acceptors (Lipinski definition) is 6. The summed E-state index contributed by atoms with van der Waals surface area (Å²) in [5.74, 6) is -0.949. The number of rotatable bonds is 7. The van der Waals surface area contributed by atoms with Gasteiger partial charge in [0.25, 0.3) is 5.91 Å². The molecule has 0 spiro atoms. The lowest BCUT2D eigenvalue weighted by Crippen LogP contribution is -2.34. The van der Waals surface area contributed by atoms with Crippen molar-refractivity contribution in [2.24, 2.45) is 0 Å². The number of nitrogens with zero attached hydrogens (tertiary/aromatic N) is 3. The average molecular weight is 476 g/mol. The Morgan fingerprint density at radius 1 is 1.42 bits per heavy atom. The number of ether oxygens (including phenoxy) is 1. The van der Waals surface area contributed by atoms with E-state index >= 15 is 4.39 Å². The van der Waals surface area contributed by atoms with Crippen LogP contribution in [-0.2, 0) is 0 Å². The molecule has 1 saturated carbocycles. The fraction of sp³-hybridized carbons (Fsp3) is 0.435. The highest BCUT2D eigenvalue weighted by Crippen LogP contribution is 2.40. The Morgan fingerprint density at radius 3 is 2.76 bits per heavy atom. The molecule has 176 valence electrons. The number of carbonyl (C=O) groups is 1. The van der Waals surface area contributed by atoms with Crippen molar-refractivity contribution >= 4 is 28.8 Å². The first-order chi connectivity index (χ1) is 15.5. The lowest BCUT2D eigenvalue weighted by molar-refractivity contribution is 0.0885. The minimum Gasteiger partial charge on any atom is -0.490 e. The number of carbonyl (C=O) groups excluding carboxylic acids is 1. The second kappa shape index (κ2) is 8.46. The number of nitrogens with one attached hydrogen (secondary N) is 1. The molecule has 1 fully saturated rings. The largest absolute Gasteiger partial charge is 0.490 e. The van der Waals surface area contributed by atoms with Crippen LogP contribution in [0.3, 0.4) is 0 Å². The van der Waals surface area contributed by atoms with Crippen LogP contribution in [0.4, 0.5) is 10.2 Å².